The van der Waals surface area contributed by atoms with E-state index in [1.807, 2.05) is 0 Å². The number of aryl methyl sites for hydroxylation is 1. The van der Waals surface area contributed by atoms with Crippen LogP contribution in [0.3, 0.4) is 0 Å². The molecule has 2 aromatic heterocycles. The minimum absolute atomic E-state index is 0.181. The third kappa shape index (κ3) is 2.37. The van der Waals surface area contributed by atoms with Crippen LogP contribution in [0.4, 0.5) is 0 Å². The molecule has 2 heterocycles. The van der Waals surface area contributed by atoms with Gasteiger partial charge in [-0.05, 0) is 35.0 Å². The van der Waals surface area contributed by atoms with E-state index in [-0.39, 0.29) is 10.2 Å². The summed E-state index contributed by atoms with van der Waals surface area (Å²) in [7, 11) is 1.30. The van der Waals surface area contributed by atoms with E-state index >= 15 is 0 Å². The average Bonchev–Trinajstić information content (AvgIpc) is 2.74. The molecular formula is C11H9BrN2O3S. The molecule has 0 aliphatic rings. The molecule has 0 amide bonds. The fourth-order valence-corrected chi connectivity index (χ4v) is 2.12. The van der Waals surface area contributed by atoms with E-state index in [1.54, 1.807) is 19.1 Å². The molecule has 0 saturated heterocycles. The Hall–Kier alpha value is -1.47. The minimum Gasteiger partial charge on any atom is -0.465 e. The zero-order valence-corrected chi connectivity index (χ0v) is 12.0. The van der Waals surface area contributed by atoms with Crippen molar-refractivity contribution in [2.75, 3.05) is 7.11 Å². The topological polar surface area (TPSA) is 68.1 Å². The molecule has 0 bridgehead atoms. The van der Waals surface area contributed by atoms with Gasteiger partial charge in [0.2, 0.25) is 0 Å². The van der Waals surface area contributed by atoms with Crippen molar-refractivity contribution in [1.82, 2.24) is 9.97 Å². The number of esters is 1. The summed E-state index contributed by atoms with van der Waals surface area (Å²) in [6.07, 6.45) is 0. The second-order valence-corrected chi connectivity index (χ2v) is 4.65. The summed E-state index contributed by atoms with van der Waals surface area (Å²) in [5.41, 5.74) is 0.853. The van der Waals surface area contributed by atoms with Gasteiger partial charge in [0.05, 0.1) is 7.11 Å². The van der Waals surface area contributed by atoms with Gasteiger partial charge in [0, 0.05) is 5.69 Å². The van der Waals surface area contributed by atoms with Gasteiger partial charge in [-0.25, -0.2) is 9.78 Å². The maximum absolute atomic E-state index is 11.5. The number of hydrogen-bond acceptors (Lipinski definition) is 5. The number of methoxy groups -OCH3 is 1. The van der Waals surface area contributed by atoms with Crippen molar-refractivity contribution in [1.29, 1.82) is 0 Å². The number of H-pyrrole nitrogens is 1. The van der Waals surface area contributed by atoms with Crippen LogP contribution in [0.15, 0.2) is 21.2 Å². The molecule has 0 aromatic carbocycles. The van der Waals surface area contributed by atoms with E-state index < -0.39 is 5.97 Å². The summed E-state index contributed by atoms with van der Waals surface area (Å²) in [6, 6.07) is 3.49. The third-order valence-electron chi connectivity index (χ3n) is 2.30. The van der Waals surface area contributed by atoms with Crippen molar-refractivity contribution in [2.24, 2.45) is 0 Å². The first-order valence-corrected chi connectivity index (χ1v) is 6.18. The number of carbonyl (C=O) groups is 1. The molecule has 18 heavy (non-hydrogen) atoms. The first-order chi connectivity index (χ1) is 8.52. The van der Waals surface area contributed by atoms with Crippen molar-refractivity contribution in [3.05, 3.63) is 32.7 Å². The van der Waals surface area contributed by atoms with E-state index in [0.29, 0.717) is 21.9 Å². The summed E-state index contributed by atoms with van der Waals surface area (Å²) in [6.45, 7) is 1.73. The van der Waals surface area contributed by atoms with Crippen molar-refractivity contribution < 1.29 is 13.9 Å². The number of halogens is 1. The summed E-state index contributed by atoms with van der Waals surface area (Å²) < 4.78 is 10.8. The van der Waals surface area contributed by atoms with Gasteiger partial charge < -0.3 is 14.1 Å². The Morgan fingerprint density at radius 3 is 2.78 bits per heavy atom. The smallest absolute Gasteiger partial charge is 0.342 e. The SMILES string of the molecule is COC(=O)c1c(C)[nH]c(-c2ccc(Br)o2)nc1=S. The molecule has 0 aliphatic heterocycles. The van der Waals surface area contributed by atoms with Crippen LogP contribution < -0.4 is 0 Å². The highest BCUT2D eigenvalue weighted by atomic mass is 79.9. The Bertz CT molecular complexity index is 663. The Balaban J connectivity index is 2.56. The molecule has 0 saturated carbocycles. The lowest BCUT2D eigenvalue weighted by Crippen LogP contribution is -2.08. The lowest BCUT2D eigenvalue weighted by molar-refractivity contribution is 0.0598. The maximum Gasteiger partial charge on any atom is 0.342 e. The van der Waals surface area contributed by atoms with E-state index in [2.05, 4.69) is 30.6 Å². The molecule has 1 N–H and O–H groups in total. The van der Waals surface area contributed by atoms with Gasteiger partial charge in [-0.2, -0.15) is 0 Å². The van der Waals surface area contributed by atoms with Gasteiger partial charge in [-0.3, -0.25) is 0 Å². The van der Waals surface area contributed by atoms with E-state index in [0.717, 1.165) is 0 Å². The number of ether oxygens (including phenoxy) is 1. The van der Waals surface area contributed by atoms with Crippen LogP contribution in [0.5, 0.6) is 0 Å². The fraction of sp³-hybridized carbons (Fsp3) is 0.182. The van der Waals surface area contributed by atoms with Crippen LogP contribution in [0.25, 0.3) is 11.6 Å². The predicted molar refractivity (Wildman–Crippen MR) is 70.9 cm³/mol. The molecule has 7 heteroatoms. The van der Waals surface area contributed by atoms with Crippen LogP contribution in [-0.2, 0) is 4.74 Å². The summed E-state index contributed by atoms with van der Waals surface area (Å²) in [5.74, 6) is 0.497. The molecule has 0 fully saturated rings. The van der Waals surface area contributed by atoms with E-state index in [1.165, 1.54) is 7.11 Å². The Morgan fingerprint density at radius 2 is 2.28 bits per heavy atom. The quantitative estimate of drug-likeness (QED) is 0.677. The van der Waals surface area contributed by atoms with E-state index in [9.17, 15) is 4.79 Å². The van der Waals surface area contributed by atoms with Crippen LogP contribution in [-0.4, -0.2) is 23.0 Å². The second-order valence-electron chi connectivity index (χ2n) is 3.49. The van der Waals surface area contributed by atoms with Crippen molar-refractivity contribution in [3.8, 4) is 11.6 Å². The van der Waals surface area contributed by atoms with Crippen LogP contribution in [0.1, 0.15) is 16.1 Å². The molecule has 0 atom stereocenters. The molecule has 0 radical (unpaired) electrons. The molecule has 94 valence electrons. The number of nitrogens with zero attached hydrogens (tertiary/aromatic N) is 1. The standard InChI is InChI=1S/C11H9BrN2O3S/c1-5-8(11(15)16-2)10(18)14-9(13-5)6-3-4-7(12)17-6/h3-4H,1-2H3,(H,13,14,18). The number of hydrogen-bond donors (Lipinski definition) is 1. The average molecular weight is 329 g/mol. The fourth-order valence-electron chi connectivity index (χ4n) is 1.49. The van der Waals surface area contributed by atoms with Crippen molar-refractivity contribution >= 4 is 34.1 Å². The van der Waals surface area contributed by atoms with Crippen molar-refractivity contribution in [3.63, 3.8) is 0 Å². The number of nitrogens with one attached hydrogen (secondary N) is 1. The largest absolute Gasteiger partial charge is 0.465 e. The molecule has 0 unspecified atom stereocenters. The van der Waals surface area contributed by atoms with Crippen molar-refractivity contribution in [2.45, 2.75) is 6.92 Å². The number of aromatic amines is 1. The van der Waals surface area contributed by atoms with Crippen LogP contribution >= 0.6 is 28.1 Å². The Kier molecular flexibility index (Phi) is 3.63. The highest BCUT2D eigenvalue weighted by Crippen LogP contribution is 2.23. The normalized spacial score (nSPS) is 10.4. The molecule has 5 nitrogen and oxygen atoms in total. The summed E-state index contributed by atoms with van der Waals surface area (Å²) in [4.78, 5) is 18.6. The van der Waals surface area contributed by atoms with Gasteiger partial charge in [-0.15, -0.1) is 0 Å². The molecular weight excluding hydrogens is 320 g/mol. The van der Waals surface area contributed by atoms with Gasteiger partial charge in [0.1, 0.15) is 10.2 Å². The third-order valence-corrected chi connectivity index (χ3v) is 3.03. The van der Waals surface area contributed by atoms with Gasteiger partial charge in [0.15, 0.2) is 16.3 Å². The van der Waals surface area contributed by atoms with Crippen LogP contribution in [0.2, 0.25) is 0 Å². The highest BCUT2D eigenvalue weighted by Gasteiger charge is 2.16. The molecule has 2 rings (SSSR count). The van der Waals surface area contributed by atoms with E-state index in [4.69, 9.17) is 16.6 Å². The van der Waals surface area contributed by atoms with Crippen LogP contribution in [0, 0.1) is 11.6 Å². The Labute approximate surface area is 116 Å². The lowest BCUT2D eigenvalue weighted by Gasteiger charge is -2.05. The van der Waals surface area contributed by atoms with Gasteiger partial charge in [-0.1, -0.05) is 12.2 Å². The monoisotopic (exact) mass is 328 g/mol. The molecule has 2 aromatic rings. The molecule has 0 spiro atoms. The summed E-state index contributed by atoms with van der Waals surface area (Å²) in [5, 5.41) is 0. The second kappa shape index (κ2) is 5.03. The number of furan rings is 1. The lowest BCUT2D eigenvalue weighted by atomic mass is 10.2. The number of carbonyl (C=O) groups excluding carboxylic acids is 1. The zero-order valence-electron chi connectivity index (χ0n) is 9.61. The predicted octanol–water partition coefficient (Wildman–Crippen LogP) is 3.26. The summed E-state index contributed by atoms with van der Waals surface area (Å²) >= 11 is 8.30. The van der Waals surface area contributed by atoms with Gasteiger partial charge in [0.25, 0.3) is 0 Å². The zero-order chi connectivity index (χ0) is 13.3. The first-order valence-electron chi connectivity index (χ1n) is 4.98. The first kappa shape index (κ1) is 13.0. The maximum atomic E-state index is 11.5. The highest BCUT2D eigenvalue weighted by molar-refractivity contribution is 9.10. The minimum atomic E-state index is -0.506. The number of rotatable bonds is 2. The number of aromatic nitrogens is 2. The van der Waals surface area contributed by atoms with Gasteiger partial charge >= 0.3 is 5.97 Å². The Morgan fingerprint density at radius 1 is 1.56 bits per heavy atom. The molecule has 0 aliphatic carbocycles.